The van der Waals surface area contributed by atoms with Crippen molar-refractivity contribution >= 4 is 22.3 Å². The number of rotatable bonds is 3. The van der Waals surface area contributed by atoms with Crippen LogP contribution in [0.5, 0.6) is 0 Å². The molecule has 0 N–H and O–H groups in total. The van der Waals surface area contributed by atoms with Crippen molar-refractivity contribution in [3.63, 3.8) is 0 Å². The van der Waals surface area contributed by atoms with E-state index in [9.17, 15) is 0 Å². The van der Waals surface area contributed by atoms with Crippen LogP contribution in [-0.2, 0) is 20.4 Å². The molecule has 0 amide bonds. The Morgan fingerprint density at radius 2 is 1.56 bits per heavy atom. The molecule has 2 aliphatic rings. The number of benzene rings is 1. The Hall–Kier alpha value is -0.760. The van der Waals surface area contributed by atoms with Gasteiger partial charge in [-0.3, -0.25) is 0 Å². The molecule has 0 saturated heterocycles. The second kappa shape index (κ2) is 7.58. The van der Waals surface area contributed by atoms with E-state index in [1.165, 1.54) is 16.0 Å². The molecule has 1 aromatic heterocycles. The SMILES string of the molecule is CC1=C(C)[CH]([Zr]([CH]2C=C(c3cccs3)c3ccccc32)=[Si](C)C)C(C)=C1C. The molecule has 1 heterocycles. The Labute approximate surface area is 175 Å². The molecular formula is C24H28SSiZr. The topological polar surface area (TPSA) is 0 Å². The third-order valence-corrected chi connectivity index (χ3v) is 27.1. The molecule has 2 aromatic rings. The zero-order valence-electron chi connectivity index (χ0n) is 17.2. The van der Waals surface area contributed by atoms with E-state index < -0.39 is 20.4 Å². The van der Waals surface area contributed by atoms with E-state index in [0.717, 1.165) is 7.25 Å². The van der Waals surface area contributed by atoms with Crippen LogP contribution in [0.15, 0.2) is 70.1 Å². The van der Waals surface area contributed by atoms with Crippen molar-refractivity contribution in [1.29, 1.82) is 0 Å². The van der Waals surface area contributed by atoms with Gasteiger partial charge in [0.05, 0.1) is 0 Å². The first-order chi connectivity index (χ1) is 12.9. The van der Waals surface area contributed by atoms with Gasteiger partial charge in [-0.2, -0.15) is 0 Å². The van der Waals surface area contributed by atoms with Gasteiger partial charge >= 0.3 is 177 Å². The summed E-state index contributed by atoms with van der Waals surface area (Å²) in [6.45, 7) is 14.8. The minimum absolute atomic E-state index is 0.296. The van der Waals surface area contributed by atoms with Crippen LogP contribution in [0.3, 0.4) is 0 Å². The summed E-state index contributed by atoms with van der Waals surface area (Å²) >= 11 is 0.0784. The number of hydrogen-bond donors (Lipinski definition) is 0. The Bertz CT molecular complexity index is 1010. The van der Waals surface area contributed by atoms with E-state index in [0.29, 0.717) is 0 Å². The van der Waals surface area contributed by atoms with Crippen LogP contribution in [0.4, 0.5) is 0 Å². The molecule has 0 spiro atoms. The predicted octanol–water partition coefficient (Wildman–Crippen LogP) is 7.58. The van der Waals surface area contributed by atoms with Crippen LogP contribution in [0.25, 0.3) is 5.57 Å². The molecule has 3 heteroatoms. The summed E-state index contributed by atoms with van der Waals surface area (Å²) in [5, 5.41) is 2.21. The van der Waals surface area contributed by atoms with Gasteiger partial charge in [0, 0.05) is 0 Å². The summed E-state index contributed by atoms with van der Waals surface area (Å²) < 4.78 is 1.52. The van der Waals surface area contributed by atoms with Gasteiger partial charge in [-0.1, -0.05) is 0 Å². The van der Waals surface area contributed by atoms with Crippen LogP contribution < -0.4 is 0 Å². The Kier molecular flexibility index (Phi) is 5.49. The molecule has 27 heavy (non-hydrogen) atoms. The number of thiophene rings is 1. The number of hydrogen-bond acceptors (Lipinski definition) is 1. The van der Waals surface area contributed by atoms with Gasteiger partial charge < -0.3 is 0 Å². The molecule has 4 rings (SSSR count). The zero-order chi connectivity index (χ0) is 19.3. The molecule has 0 saturated carbocycles. The first kappa shape index (κ1) is 19.6. The molecule has 0 bridgehead atoms. The molecule has 0 radical (unpaired) electrons. The molecular weight excluding hydrogens is 440 g/mol. The van der Waals surface area contributed by atoms with E-state index in [4.69, 9.17) is 0 Å². The van der Waals surface area contributed by atoms with Crippen molar-refractivity contribution in [1.82, 2.24) is 0 Å². The molecule has 1 aromatic carbocycles. The van der Waals surface area contributed by atoms with Crippen molar-refractivity contribution in [2.24, 2.45) is 0 Å². The quantitative estimate of drug-likeness (QED) is 0.408. The van der Waals surface area contributed by atoms with Crippen molar-refractivity contribution in [3.8, 4) is 0 Å². The fraction of sp³-hybridized carbons (Fsp3) is 0.333. The second-order valence-electron chi connectivity index (χ2n) is 8.13. The first-order valence-electron chi connectivity index (χ1n) is 9.79. The van der Waals surface area contributed by atoms with Gasteiger partial charge in [0.1, 0.15) is 0 Å². The van der Waals surface area contributed by atoms with Crippen LogP contribution in [0.1, 0.15) is 47.3 Å². The first-order valence-corrected chi connectivity index (χ1v) is 19.7. The molecule has 1 unspecified atom stereocenters. The predicted molar refractivity (Wildman–Crippen MR) is 119 cm³/mol. The second-order valence-corrected chi connectivity index (χ2v) is 27.1. The summed E-state index contributed by atoms with van der Waals surface area (Å²) in [6.07, 6.45) is 2.69. The maximum atomic E-state index is 2.69. The Morgan fingerprint density at radius 1 is 0.889 bits per heavy atom. The third-order valence-electron chi connectivity index (χ3n) is 6.54. The minimum atomic E-state index is -1.80. The van der Waals surface area contributed by atoms with Gasteiger partial charge in [0.2, 0.25) is 0 Å². The van der Waals surface area contributed by atoms with Crippen molar-refractivity contribution < 1.29 is 20.4 Å². The zero-order valence-corrected chi connectivity index (χ0v) is 21.5. The average molecular weight is 468 g/mol. The van der Waals surface area contributed by atoms with Crippen molar-refractivity contribution in [2.75, 3.05) is 0 Å². The van der Waals surface area contributed by atoms with Crippen LogP contribution in [0, 0.1) is 0 Å². The standard InChI is InChI=1S/C13H9S.C9H13.C2H6Si.Zr/c1-2-5-11-10(4-1)7-8-12(11)13-6-3-9-14-13;1-6-5-7(2)9(4)8(6)3;1-3-2;/h1-9H;5H,1-4H3;1-2H3;. The number of allylic oxidation sites excluding steroid dienone is 5. The maximum absolute atomic E-state index is 2.69. The summed E-state index contributed by atoms with van der Waals surface area (Å²) in [5.74, 6) is 0. The van der Waals surface area contributed by atoms with Crippen molar-refractivity contribution in [2.45, 2.75) is 48.0 Å². The molecule has 0 nitrogen and oxygen atoms in total. The van der Waals surface area contributed by atoms with E-state index in [1.807, 2.05) is 11.3 Å². The van der Waals surface area contributed by atoms with Gasteiger partial charge in [-0.25, -0.2) is 0 Å². The van der Waals surface area contributed by atoms with Crippen LogP contribution >= 0.6 is 11.3 Å². The Morgan fingerprint density at radius 3 is 2.15 bits per heavy atom. The Balaban J connectivity index is 1.90. The average Bonchev–Trinajstić information content (AvgIpc) is 3.34. The summed E-state index contributed by atoms with van der Waals surface area (Å²) in [7, 11) is 0. The molecule has 1 atom stereocenters. The van der Waals surface area contributed by atoms with Crippen LogP contribution in [-0.4, -0.2) is 5.43 Å². The molecule has 2 aliphatic carbocycles. The van der Waals surface area contributed by atoms with Crippen LogP contribution in [0.2, 0.25) is 16.7 Å². The third kappa shape index (κ3) is 3.20. The van der Waals surface area contributed by atoms with Gasteiger partial charge in [-0.05, 0) is 0 Å². The van der Waals surface area contributed by atoms with Gasteiger partial charge in [-0.15, -0.1) is 0 Å². The summed E-state index contributed by atoms with van der Waals surface area (Å²) in [4.78, 5) is 1.44. The van der Waals surface area contributed by atoms with Gasteiger partial charge in [0.15, 0.2) is 0 Å². The van der Waals surface area contributed by atoms with E-state index in [-0.39, 0.29) is 5.43 Å². The van der Waals surface area contributed by atoms with Crippen molar-refractivity contribution in [3.05, 3.63) is 86.2 Å². The number of fused-ring (bicyclic) bond motifs is 1. The normalized spacial score (nSPS) is 19.6. The fourth-order valence-electron chi connectivity index (χ4n) is 4.86. The fourth-order valence-corrected chi connectivity index (χ4v) is 26.2. The van der Waals surface area contributed by atoms with E-state index in [2.05, 4.69) is 88.6 Å². The molecule has 0 fully saturated rings. The monoisotopic (exact) mass is 466 g/mol. The summed E-state index contributed by atoms with van der Waals surface area (Å²) in [5.41, 5.74) is 10.9. The molecule has 138 valence electrons. The summed E-state index contributed by atoms with van der Waals surface area (Å²) in [6, 6.07) is 13.7. The van der Waals surface area contributed by atoms with E-state index in [1.54, 1.807) is 27.9 Å². The van der Waals surface area contributed by atoms with E-state index >= 15 is 0 Å². The molecule has 0 aliphatic heterocycles. The van der Waals surface area contributed by atoms with Gasteiger partial charge in [0.25, 0.3) is 0 Å².